The molecule has 0 amide bonds. The Morgan fingerprint density at radius 1 is 1.31 bits per heavy atom. The van der Waals surface area contributed by atoms with E-state index in [-0.39, 0.29) is 11.2 Å². The maximum atomic E-state index is 11.5. The normalized spacial score (nSPS) is 13.2. The van der Waals surface area contributed by atoms with Crippen molar-refractivity contribution in [2.75, 3.05) is 6.54 Å². The van der Waals surface area contributed by atoms with E-state index in [4.69, 9.17) is 12.2 Å². The van der Waals surface area contributed by atoms with Gasteiger partial charge in [-0.3, -0.25) is 4.79 Å². The predicted octanol–water partition coefficient (Wildman–Crippen LogP) is 2.76. The molecule has 0 aliphatic rings. The summed E-state index contributed by atoms with van der Waals surface area (Å²) in [5.74, 6) is 3.30. The van der Waals surface area contributed by atoms with Crippen molar-refractivity contribution in [1.29, 1.82) is 0 Å². The average molecular weight is 223 g/mol. The van der Waals surface area contributed by atoms with Crippen LogP contribution < -0.4 is 5.73 Å². The molecular formula is C14H25NO. The molecule has 0 saturated heterocycles. The Balaban J connectivity index is 4.03. The number of hydrogen-bond donors (Lipinski definition) is 1. The summed E-state index contributed by atoms with van der Waals surface area (Å²) >= 11 is 0. The highest BCUT2D eigenvalue weighted by atomic mass is 16.1. The highest BCUT2D eigenvalue weighted by molar-refractivity contribution is 5.78. The Labute approximate surface area is 100.0 Å². The van der Waals surface area contributed by atoms with E-state index >= 15 is 0 Å². The summed E-state index contributed by atoms with van der Waals surface area (Å²) in [6, 6.07) is 0. The summed E-state index contributed by atoms with van der Waals surface area (Å²) in [5, 5.41) is 0. The highest BCUT2D eigenvalue weighted by Gasteiger charge is 2.24. The number of nitrogens with two attached hydrogens (primary N) is 1. The lowest BCUT2D eigenvalue weighted by atomic mass is 9.76. The minimum absolute atomic E-state index is 0.228. The van der Waals surface area contributed by atoms with Crippen LogP contribution in [0.1, 0.15) is 52.9 Å². The van der Waals surface area contributed by atoms with Gasteiger partial charge in [-0.2, -0.15) is 0 Å². The van der Waals surface area contributed by atoms with Crippen LogP contribution in [0.15, 0.2) is 0 Å². The molecule has 16 heavy (non-hydrogen) atoms. The molecule has 0 rings (SSSR count). The van der Waals surface area contributed by atoms with E-state index in [9.17, 15) is 4.79 Å². The molecule has 0 fully saturated rings. The smallest absolute Gasteiger partial charge is 0.133 e. The zero-order valence-corrected chi connectivity index (χ0v) is 10.9. The van der Waals surface area contributed by atoms with Gasteiger partial charge in [0.25, 0.3) is 0 Å². The molecule has 0 spiro atoms. The molecular weight excluding hydrogens is 198 g/mol. The van der Waals surface area contributed by atoms with Crippen LogP contribution in [-0.4, -0.2) is 12.3 Å². The van der Waals surface area contributed by atoms with E-state index in [0.29, 0.717) is 31.7 Å². The second-order valence-corrected chi connectivity index (χ2v) is 5.42. The molecule has 0 aromatic rings. The number of carbonyl (C=O) groups excluding carboxylic acids is 1. The Bertz CT molecular complexity index is 244. The number of ketones is 1. The van der Waals surface area contributed by atoms with Crippen molar-refractivity contribution in [1.82, 2.24) is 0 Å². The number of rotatable bonds is 7. The zero-order chi connectivity index (χ0) is 12.6. The molecule has 1 atom stereocenters. The van der Waals surface area contributed by atoms with Gasteiger partial charge in [0, 0.05) is 19.3 Å². The van der Waals surface area contributed by atoms with Crippen molar-refractivity contribution in [3.05, 3.63) is 0 Å². The number of terminal acetylenes is 1. The lowest BCUT2D eigenvalue weighted by molar-refractivity contribution is -0.119. The maximum Gasteiger partial charge on any atom is 0.133 e. The molecule has 1 unspecified atom stereocenters. The standard InChI is InChI=1S/C14H25NO/c1-5-6-7-13(16)9-8-12(10-11-15)14(2,3)4/h1,12H,6-11,15H2,2-4H3. The average Bonchev–Trinajstić information content (AvgIpc) is 2.19. The van der Waals surface area contributed by atoms with Crippen molar-refractivity contribution in [3.63, 3.8) is 0 Å². The topological polar surface area (TPSA) is 43.1 Å². The van der Waals surface area contributed by atoms with Crippen molar-refractivity contribution < 1.29 is 4.79 Å². The highest BCUT2D eigenvalue weighted by Crippen LogP contribution is 2.32. The predicted molar refractivity (Wildman–Crippen MR) is 68.9 cm³/mol. The Morgan fingerprint density at radius 3 is 2.38 bits per heavy atom. The van der Waals surface area contributed by atoms with Gasteiger partial charge in [0.15, 0.2) is 0 Å². The summed E-state index contributed by atoms with van der Waals surface area (Å²) in [6.45, 7) is 7.32. The molecule has 0 aliphatic heterocycles. The first-order valence-electron chi connectivity index (χ1n) is 6.07. The molecule has 2 heteroatoms. The second kappa shape index (κ2) is 7.46. The second-order valence-electron chi connectivity index (χ2n) is 5.42. The molecule has 0 heterocycles. The molecule has 0 aromatic carbocycles. The lowest BCUT2D eigenvalue weighted by Crippen LogP contribution is -2.24. The minimum atomic E-state index is 0.228. The molecule has 2 N–H and O–H groups in total. The zero-order valence-electron chi connectivity index (χ0n) is 10.9. The van der Waals surface area contributed by atoms with Gasteiger partial charge in [-0.15, -0.1) is 12.3 Å². The number of hydrogen-bond acceptors (Lipinski definition) is 2. The van der Waals surface area contributed by atoms with Crippen molar-refractivity contribution >= 4 is 5.78 Å². The third-order valence-corrected chi connectivity index (χ3v) is 3.06. The van der Waals surface area contributed by atoms with Crippen molar-refractivity contribution in [2.24, 2.45) is 17.1 Å². The van der Waals surface area contributed by atoms with Gasteiger partial charge in [-0.1, -0.05) is 20.8 Å². The molecule has 0 saturated carbocycles. The number of carbonyl (C=O) groups is 1. The summed E-state index contributed by atoms with van der Waals surface area (Å²) in [7, 11) is 0. The van der Waals surface area contributed by atoms with Crippen LogP contribution in [0.5, 0.6) is 0 Å². The van der Waals surface area contributed by atoms with Crippen molar-refractivity contribution in [3.8, 4) is 12.3 Å². The fourth-order valence-corrected chi connectivity index (χ4v) is 1.88. The molecule has 0 aromatic heterocycles. The van der Waals surface area contributed by atoms with Gasteiger partial charge in [-0.25, -0.2) is 0 Å². The van der Waals surface area contributed by atoms with Crippen LogP contribution in [0.2, 0.25) is 0 Å². The molecule has 0 bridgehead atoms. The van der Waals surface area contributed by atoms with Gasteiger partial charge < -0.3 is 5.73 Å². The maximum absolute atomic E-state index is 11.5. The van der Waals surface area contributed by atoms with Crippen molar-refractivity contribution in [2.45, 2.75) is 52.9 Å². The van der Waals surface area contributed by atoms with Gasteiger partial charge in [-0.05, 0) is 30.7 Å². The van der Waals surface area contributed by atoms with Crippen LogP contribution in [0.4, 0.5) is 0 Å². The summed E-state index contributed by atoms with van der Waals surface area (Å²) in [6.07, 6.45) is 8.79. The van der Waals surface area contributed by atoms with Gasteiger partial charge in [0.05, 0.1) is 0 Å². The van der Waals surface area contributed by atoms with E-state index in [1.54, 1.807) is 0 Å². The summed E-state index contributed by atoms with van der Waals surface area (Å²) < 4.78 is 0. The molecule has 92 valence electrons. The minimum Gasteiger partial charge on any atom is -0.330 e. The fraction of sp³-hybridized carbons (Fsp3) is 0.786. The quantitative estimate of drug-likeness (QED) is 0.674. The largest absolute Gasteiger partial charge is 0.330 e. The van der Waals surface area contributed by atoms with Gasteiger partial charge in [0.2, 0.25) is 0 Å². The van der Waals surface area contributed by atoms with Crippen LogP contribution >= 0.6 is 0 Å². The molecule has 0 aliphatic carbocycles. The third-order valence-electron chi connectivity index (χ3n) is 3.06. The fourth-order valence-electron chi connectivity index (χ4n) is 1.88. The monoisotopic (exact) mass is 223 g/mol. The Morgan fingerprint density at radius 2 is 1.94 bits per heavy atom. The van der Waals surface area contributed by atoms with E-state index in [1.807, 2.05) is 0 Å². The third kappa shape index (κ3) is 6.63. The Hall–Kier alpha value is -0.810. The first kappa shape index (κ1) is 15.2. The summed E-state index contributed by atoms with van der Waals surface area (Å²) in [5.41, 5.74) is 5.83. The molecule has 2 nitrogen and oxygen atoms in total. The lowest BCUT2D eigenvalue weighted by Gasteiger charge is -2.30. The van der Waals surface area contributed by atoms with Gasteiger partial charge in [0.1, 0.15) is 5.78 Å². The van der Waals surface area contributed by atoms with E-state index in [1.165, 1.54) is 0 Å². The van der Waals surface area contributed by atoms with Crippen LogP contribution in [-0.2, 0) is 4.79 Å². The van der Waals surface area contributed by atoms with Gasteiger partial charge >= 0.3 is 0 Å². The van der Waals surface area contributed by atoms with Crippen LogP contribution in [0, 0.1) is 23.7 Å². The Kier molecular flexibility index (Phi) is 7.08. The van der Waals surface area contributed by atoms with E-state index in [0.717, 1.165) is 12.8 Å². The first-order chi connectivity index (χ1) is 7.41. The van der Waals surface area contributed by atoms with E-state index < -0.39 is 0 Å². The molecule has 0 radical (unpaired) electrons. The van der Waals surface area contributed by atoms with Crippen LogP contribution in [0.25, 0.3) is 0 Å². The summed E-state index contributed by atoms with van der Waals surface area (Å²) in [4.78, 5) is 11.5. The number of Topliss-reactive ketones (excluding diaryl/α,β-unsaturated/α-hetero) is 1. The SMILES string of the molecule is C#CCCC(=O)CCC(CCN)C(C)(C)C. The van der Waals surface area contributed by atoms with Crippen LogP contribution in [0.3, 0.4) is 0 Å². The first-order valence-corrected chi connectivity index (χ1v) is 6.07. The van der Waals surface area contributed by atoms with E-state index in [2.05, 4.69) is 26.7 Å².